The Morgan fingerprint density at radius 3 is 2.62 bits per heavy atom. The number of rotatable bonds is 4. The summed E-state index contributed by atoms with van der Waals surface area (Å²) in [4.78, 5) is 20.7. The molecule has 0 bridgehead atoms. The third-order valence-corrected chi connectivity index (χ3v) is 6.88. The van der Waals surface area contributed by atoms with Crippen molar-refractivity contribution in [3.8, 4) is 0 Å². The number of ether oxygens (including phenoxy) is 2. The molecule has 32 heavy (non-hydrogen) atoms. The van der Waals surface area contributed by atoms with Crippen molar-refractivity contribution in [2.24, 2.45) is 5.92 Å². The number of fused-ring (bicyclic) bond motifs is 1. The number of pyridine rings is 1. The van der Waals surface area contributed by atoms with Crippen LogP contribution in [0, 0.1) is 5.92 Å². The Balaban J connectivity index is 1.37. The molecule has 2 aromatic carbocycles. The fraction of sp³-hybridized carbons (Fsp3) is 0.407. The van der Waals surface area contributed by atoms with Gasteiger partial charge in [0.05, 0.1) is 24.1 Å². The maximum atomic E-state index is 14.0. The van der Waals surface area contributed by atoms with E-state index in [0.29, 0.717) is 39.5 Å². The molecule has 2 aliphatic heterocycles. The van der Waals surface area contributed by atoms with E-state index in [1.165, 1.54) is 5.56 Å². The molecule has 1 atom stereocenters. The van der Waals surface area contributed by atoms with Crippen LogP contribution < -0.4 is 0 Å². The highest BCUT2D eigenvalue weighted by Crippen LogP contribution is 2.37. The minimum atomic E-state index is -0.501. The number of para-hydroxylation sites is 1. The fourth-order valence-electron chi connectivity index (χ4n) is 5.16. The molecule has 0 N–H and O–H groups in total. The van der Waals surface area contributed by atoms with Crippen LogP contribution in [0.2, 0.25) is 0 Å². The molecule has 5 heteroatoms. The van der Waals surface area contributed by atoms with Gasteiger partial charge in [-0.1, -0.05) is 48.5 Å². The first-order valence-corrected chi connectivity index (χ1v) is 11.6. The van der Waals surface area contributed by atoms with Gasteiger partial charge < -0.3 is 14.4 Å². The summed E-state index contributed by atoms with van der Waals surface area (Å²) >= 11 is 0. The quantitative estimate of drug-likeness (QED) is 0.628. The second-order valence-corrected chi connectivity index (χ2v) is 8.99. The smallest absolute Gasteiger partial charge is 0.233 e. The van der Waals surface area contributed by atoms with E-state index in [9.17, 15) is 4.79 Å². The van der Waals surface area contributed by atoms with Gasteiger partial charge in [-0.15, -0.1) is 0 Å². The van der Waals surface area contributed by atoms with Gasteiger partial charge in [0.2, 0.25) is 5.91 Å². The van der Waals surface area contributed by atoms with Crippen LogP contribution >= 0.6 is 0 Å². The predicted molar refractivity (Wildman–Crippen MR) is 125 cm³/mol. The maximum Gasteiger partial charge on any atom is 0.233 e. The molecule has 0 saturated carbocycles. The average molecular weight is 431 g/mol. The molecular formula is C27H30N2O3. The van der Waals surface area contributed by atoms with Gasteiger partial charge in [-0.25, -0.2) is 0 Å². The maximum absolute atomic E-state index is 14.0. The lowest BCUT2D eigenvalue weighted by molar-refractivity contribution is -0.141. The van der Waals surface area contributed by atoms with E-state index in [4.69, 9.17) is 9.47 Å². The lowest BCUT2D eigenvalue weighted by Crippen LogP contribution is -2.51. The number of hydrogen-bond acceptors (Lipinski definition) is 4. The molecule has 2 aliphatic rings. The van der Waals surface area contributed by atoms with Crippen molar-refractivity contribution >= 4 is 16.8 Å². The highest BCUT2D eigenvalue weighted by Gasteiger charge is 2.44. The minimum absolute atomic E-state index is 0.221. The fourth-order valence-corrected chi connectivity index (χ4v) is 5.16. The van der Waals surface area contributed by atoms with E-state index in [1.54, 1.807) is 0 Å². The van der Waals surface area contributed by atoms with E-state index in [0.717, 1.165) is 35.7 Å². The number of carbonyl (C=O) groups excluding carboxylic acids is 1. The largest absolute Gasteiger partial charge is 0.381 e. The van der Waals surface area contributed by atoms with E-state index >= 15 is 0 Å². The Kier molecular flexibility index (Phi) is 6.19. The van der Waals surface area contributed by atoms with Crippen molar-refractivity contribution in [1.29, 1.82) is 0 Å². The van der Waals surface area contributed by atoms with Crippen LogP contribution in [0.4, 0.5) is 0 Å². The molecule has 0 unspecified atom stereocenters. The van der Waals surface area contributed by atoms with Gasteiger partial charge in [-0.3, -0.25) is 9.78 Å². The highest BCUT2D eigenvalue weighted by molar-refractivity contribution is 5.88. The molecule has 5 rings (SSSR count). The molecule has 2 fully saturated rings. The molecule has 5 nitrogen and oxygen atoms in total. The van der Waals surface area contributed by atoms with Gasteiger partial charge in [-0.05, 0) is 42.5 Å². The summed E-state index contributed by atoms with van der Waals surface area (Å²) in [6.45, 7) is 3.84. The standard InChI is InChI=1S/C27H30N2O3/c30-26(27(10-13-31-14-11-27)24-7-2-1-3-8-24)29-12-15-32-20-22(19-29)16-21-17-23-6-4-5-9-25(23)28-18-21/h1-9,17-18,22H,10-16,19-20H2/t22-/m0/s1. The molecule has 3 heterocycles. The average Bonchev–Trinajstić information content (AvgIpc) is 3.10. The Morgan fingerprint density at radius 1 is 1.00 bits per heavy atom. The molecule has 1 amide bonds. The molecule has 0 radical (unpaired) electrons. The monoisotopic (exact) mass is 430 g/mol. The summed E-state index contributed by atoms with van der Waals surface area (Å²) in [6, 6.07) is 20.6. The van der Waals surface area contributed by atoms with Crippen molar-refractivity contribution in [3.05, 3.63) is 78.0 Å². The number of hydrogen-bond donors (Lipinski definition) is 0. The summed E-state index contributed by atoms with van der Waals surface area (Å²) in [5, 5.41) is 1.15. The van der Waals surface area contributed by atoms with Crippen LogP contribution in [0.15, 0.2) is 66.9 Å². The van der Waals surface area contributed by atoms with Crippen molar-refractivity contribution in [1.82, 2.24) is 9.88 Å². The Hall–Kier alpha value is -2.76. The van der Waals surface area contributed by atoms with Gasteiger partial charge in [-0.2, -0.15) is 0 Å². The van der Waals surface area contributed by atoms with Crippen LogP contribution in [0.5, 0.6) is 0 Å². The zero-order chi connectivity index (χ0) is 21.8. The summed E-state index contributed by atoms with van der Waals surface area (Å²) in [6.07, 6.45) is 4.27. The number of amides is 1. The molecule has 3 aromatic rings. The van der Waals surface area contributed by atoms with Gasteiger partial charge in [0.15, 0.2) is 0 Å². The molecular weight excluding hydrogens is 400 g/mol. The van der Waals surface area contributed by atoms with E-state index in [2.05, 4.69) is 29.2 Å². The first kappa shape index (κ1) is 21.1. The van der Waals surface area contributed by atoms with Crippen LogP contribution in [0.3, 0.4) is 0 Å². The van der Waals surface area contributed by atoms with Crippen LogP contribution in [0.25, 0.3) is 10.9 Å². The Labute approximate surface area is 189 Å². The third-order valence-electron chi connectivity index (χ3n) is 6.88. The minimum Gasteiger partial charge on any atom is -0.381 e. The van der Waals surface area contributed by atoms with Gasteiger partial charge in [0.1, 0.15) is 0 Å². The topological polar surface area (TPSA) is 51.7 Å². The normalized spacial score (nSPS) is 21.2. The predicted octanol–water partition coefficient (Wildman–Crippen LogP) is 4.00. The van der Waals surface area contributed by atoms with Crippen molar-refractivity contribution in [2.75, 3.05) is 39.5 Å². The molecule has 0 aliphatic carbocycles. The second-order valence-electron chi connectivity index (χ2n) is 8.99. The van der Waals surface area contributed by atoms with E-state index in [1.807, 2.05) is 47.5 Å². The van der Waals surface area contributed by atoms with E-state index in [-0.39, 0.29) is 11.8 Å². The Morgan fingerprint density at radius 2 is 1.78 bits per heavy atom. The lowest BCUT2D eigenvalue weighted by atomic mass is 9.73. The summed E-state index contributed by atoms with van der Waals surface area (Å²) in [5.74, 6) is 0.469. The number of carbonyl (C=O) groups is 1. The number of aromatic nitrogens is 1. The molecule has 2 saturated heterocycles. The SMILES string of the molecule is O=C(N1CCOC[C@@H](Cc2cnc3ccccc3c2)C1)C1(c2ccccc2)CCOCC1. The van der Waals surface area contributed by atoms with Crippen molar-refractivity contribution in [3.63, 3.8) is 0 Å². The van der Waals surface area contributed by atoms with Crippen LogP contribution in [-0.4, -0.2) is 55.3 Å². The second kappa shape index (κ2) is 9.39. The van der Waals surface area contributed by atoms with Crippen LogP contribution in [-0.2, 0) is 26.1 Å². The zero-order valence-electron chi connectivity index (χ0n) is 18.4. The molecule has 0 spiro atoms. The summed E-state index contributed by atoms with van der Waals surface area (Å²) < 4.78 is 11.6. The van der Waals surface area contributed by atoms with Gasteiger partial charge >= 0.3 is 0 Å². The van der Waals surface area contributed by atoms with Crippen LogP contribution in [0.1, 0.15) is 24.0 Å². The lowest BCUT2D eigenvalue weighted by Gasteiger charge is -2.40. The first-order valence-electron chi connectivity index (χ1n) is 11.6. The Bertz CT molecular complexity index is 1060. The van der Waals surface area contributed by atoms with Crippen molar-refractivity contribution in [2.45, 2.75) is 24.7 Å². The number of nitrogens with zero attached hydrogens (tertiary/aromatic N) is 2. The first-order chi connectivity index (χ1) is 15.7. The zero-order valence-corrected chi connectivity index (χ0v) is 18.4. The van der Waals surface area contributed by atoms with E-state index < -0.39 is 5.41 Å². The third kappa shape index (κ3) is 4.27. The molecule has 1 aromatic heterocycles. The van der Waals surface area contributed by atoms with Crippen molar-refractivity contribution < 1.29 is 14.3 Å². The number of benzene rings is 2. The summed E-state index contributed by atoms with van der Waals surface area (Å²) in [7, 11) is 0. The van der Waals surface area contributed by atoms with Gasteiger partial charge in [0, 0.05) is 43.8 Å². The highest BCUT2D eigenvalue weighted by atomic mass is 16.5. The molecule has 166 valence electrons. The van der Waals surface area contributed by atoms with Gasteiger partial charge in [0.25, 0.3) is 0 Å². The summed E-state index contributed by atoms with van der Waals surface area (Å²) in [5.41, 5.74) is 2.80.